The lowest BCUT2D eigenvalue weighted by Gasteiger charge is -2.06. The van der Waals surface area contributed by atoms with Crippen LogP contribution in [0.5, 0.6) is 0 Å². The van der Waals surface area contributed by atoms with Gasteiger partial charge in [0.25, 0.3) is 5.91 Å². The number of aliphatic hydroxyl groups is 1. The van der Waals surface area contributed by atoms with Gasteiger partial charge in [-0.2, -0.15) is 5.10 Å². The molecule has 0 fully saturated rings. The van der Waals surface area contributed by atoms with Crippen LogP contribution in [0.4, 0.5) is 0 Å². The van der Waals surface area contributed by atoms with E-state index in [-0.39, 0.29) is 19.1 Å². The van der Waals surface area contributed by atoms with Crippen LogP contribution in [0.2, 0.25) is 0 Å². The van der Waals surface area contributed by atoms with E-state index in [1.807, 2.05) is 20.9 Å². The van der Waals surface area contributed by atoms with Gasteiger partial charge in [0.05, 0.1) is 18.0 Å². The lowest BCUT2D eigenvalue weighted by molar-refractivity contribution is 0.0944. The van der Waals surface area contributed by atoms with E-state index in [0.717, 1.165) is 22.6 Å². The van der Waals surface area contributed by atoms with Crippen LogP contribution in [-0.4, -0.2) is 38.9 Å². The second kappa shape index (κ2) is 5.83. The second-order valence-corrected chi connectivity index (χ2v) is 4.58. The van der Waals surface area contributed by atoms with Gasteiger partial charge < -0.3 is 10.4 Å². The molecule has 6 heteroatoms. The summed E-state index contributed by atoms with van der Waals surface area (Å²) >= 11 is 0. The molecule has 106 valence electrons. The van der Waals surface area contributed by atoms with Gasteiger partial charge in [-0.3, -0.25) is 14.5 Å². The highest BCUT2D eigenvalue weighted by Gasteiger charge is 2.14. The lowest BCUT2D eigenvalue weighted by atomic mass is 10.1. The average Bonchev–Trinajstić information content (AvgIpc) is 2.69. The summed E-state index contributed by atoms with van der Waals surface area (Å²) in [5.74, 6) is -0.220. The Balaban J connectivity index is 2.37. The van der Waals surface area contributed by atoms with E-state index < -0.39 is 0 Å². The fraction of sp³-hybridized carbons (Fsp3) is 0.357. The Morgan fingerprint density at radius 1 is 1.45 bits per heavy atom. The molecule has 2 N–H and O–H groups in total. The van der Waals surface area contributed by atoms with Crippen LogP contribution in [0.25, 0.3) is 11.3 Å². The van der Waals surface area contributed by atoms with Gasteiger partial charge in [0.2, 0.25) is 0 Å². The van der Waals surface area contributed by atoms with Crippen LogP contribution < -0.4 is 5.32 Å². The maximum Gasteiger partial charge on any atom is 0.251 e. The van der Waals surface area contributed by atoms with Gasteiger partial charge in [0.1, 0.15) is 0 Å². The van der Waals surface area contributed by atoms with Gasteiger partial charge in [0.15, 0.2) is 0 Å². The van der Waals surface area contributed by atoms with Crippen LogP contribution in [-0.2, 0) is 7.05 Å². The molecule has 2 rings (SSSR count). The standard InChI is InChI=1S/C14H18N4O2/c1-9-13(10(2)18(3)17-9)12-8-11(4-5-15-12)14(20)16-6-7-19/h4-5,8,19H,6-7H2,1-3H3,(H,16,20). The molecule has 2 heterocycles. The van der Waals surface area contributed by atoms with Crippen LogP contribution in [0, 0.1) is 13.8 Å². The normalized spacial score (nSPS) is 10.6. The van der Waals surface area contributed by atoms with Crippen LogP contribution in [0.1, 0.15) is 21.7 Å². The third-order valence-corrected chi connectivity index (χ3v) is 3.18. The Morgan fingerprint density at radius 2 is 2.20 bits per heavy atom. The number of carbonyl (C=O) groups excluding carboxylic acids is 1. The van der Waals surface area contributed by atoms with Crippen molar-refractivity contribution in [2.75, 3.05) is 13.2 Å². The van der Waals surface area contributed by atoms with E-state index in [2.05, 4.69) is 15.4 Å². The number of hydrogen-bond acceptors (Lipinski definition) is 4. The zero-order valence-corrected chi connectivity index (χ0v) is 11.8. The van der Waals surface area contributed by atoms with Crippen molar-refractivity contribution in [3.8, 4) is 11.3 Å². The van der Waals surface area contributed by atoms with E-state index in [9.17, 15) is 4.79 Å². The number of carbonyl (C=O) groups is 1. The van der Waals surface area contributed by atoms with E-state index in [1.165, 1.54) is 0 Å². The quantitative estimate of drug-likeness (QED) is 0.865. The van der Waals surface area contributed by atoms with Crippen molar-refractivity contribution in [2.45, 2.75) is 13.8 Å². The number of aryl methyl sites for hydroxylation is 2. The summed E-state index contributed by atoms with van der Waals surface area (Å²) in [4.78, 5) is 16.2. The van der Waals surface area contributed by atoms with Crippen molar-refractivity contribution >= 4 is 5.91 Å². The molecular formula is C14H18N4O2. The van der Waals surface area contributed by atoms with E-state index in [1.54, 1.807) is 23.0 Å². The van der Waals surface area contributed by atoms with E-state index in [0.29, 0.717) is 5.56 Å². The highest BCUT2D eigenvalue weighted by Crippen LogP contribution is 2.25. The SMILES string of the molecule is Cc1nn(C)c(C)c1-c1cc(C(=O)NCCO)ccn1. The predicted molar refractivity (Wildman–Crippen MR) is 75.3 cm³/mol. The summed E-state index contributed by atoms with van der Waals surface area (Å²) in [6, 6.07) is 3.39. The highest BCUT2D eigenvalue weighted by atomic mass is 16.3. The van der Waals surface area contributed by atoms with E-state index in [4.69, 9.17) is 5.11 Å². The van der Waals surface area contributed by atoms with Gasteiger partial charge in [-0.1, -0.05) is 0 Å². The first-order valence-electron chi connectivity index (χ1n) is 6.40. The minimum Gasteiger partial charge on any atom is -0.395 e. The Kier molecular flexibility index (Phi) is 4.14. The molecule has 20 heavy (non-hydrogen) atoms. The number of nitrogens with one attached hydrogen (secondary N) is 1. The Bertz CT molecular complexity index is 634. The number of amides is 1. The first kappa shape index (κ1) is 14.2. The number of rotatable bonds is 4. The Hall–Kier alpha value is -2.21. The molecule has 0 aliphatic rings. The van der Waals surface area contributed by atoms with Crippen molar-refractivity contribution in [3.05, 3.63) is 35.3 Å². The number of aromatic nitrogens is 3. The van der Waals surface area contributed by atoms with Gasteiger partial charge in [-0.05, 0) is 26.0 Å². The zero-order chi connectivity index (χ0) is 14.7. The smallest absolute Gasteiger partial charge is 0.251 e. The summed E-state index contributed by atoms with van der Waals surface area (Å²) < 4.78 is 1.80. The molecule has 6 nitrogen and oxygen atoms in total. The number of nitrogens with zero attached hydrogens (tertiary/aromatic N) is 3. The van der Waals surface area contributed by atoms with Gasteiger partial charge in [0, 0.05) is 36.6 Å². The van der Waals surface area contributed by atoms with Crippen LogP contribution in [0.3, 0.4) is 0 Å². The molecule has 2 aromatic rings. The maximum absolute atomic E-state index is 11.9. The zero-order valence-electron chi connectivity index (χ0n) is 11.8. The monoisotopic (exact) mass is 274 g/mol. The first-order chi connectivity index (χ1) is 9.54. The summed E-state index contributed by atoms with van der Waals surface area (Å²) in [6.45, 7) is 4.05. The fourth-order valence-electron chi connectivity index (χ4n) is 2.12. The molecule has 0 bridgehead atoms. The lowest BCUT2D eigenvalue weighted by Crippen LogP contribution is -2.26. The molecular weight excluding hydrogens is 256 g/mol. The average molecular weight is 274 g/mol. The largest absolute Gasteiger partial charge is 0.395 e. The summed E-state index contributed by atoms with van der Waals surface area (Å²) in [6.07, 6.45) is 1.61. The molecule has 0 saturated heterocycles. The summed E-state index contributed by atoms with van der Waals surface area (Å²) in [5.41, 5.74) is 4.08. The first-order valence-corrected chi connectivity index (χ1v) is 6.40. The number of hydrogen-bond donors (Lipinski definition) is 2. The molecule has 0 spiro atoms. The molecule has 0 aliphatic carbocycles. The minimum absolute atomic E-state index is 0.0789. The molecule has 0 radical (unpaired) electrons. The van der Waals surface area contributed by atoms with Crippen molar-refractivity contribution in [1.82, 2.24) is 20.1 Å². The van der Waals surface area contributed by atoms with Gasteiger partial charge >= 0.3 is 0 Å². The molecule has 0 atom stereocenters. The minimum atomic E-state index is -0.220. The third kappa shape index (κ3) is 2.70. The predicted octanol–water partition coefficient (Wildman–Crippen LogP) is 0.821. The molecule has 0 unspecified atom stereocenters. The molecule has 0 aliphatic heterocycles. The number of aliphatic hydroxyl groups excluding tert-OH is 1. The maximum atomic E-state index is 11.9. The van der Waals surface area contributed by atoms with Crippen LogP contribution in [0.15, 0.2) is 18.3 Å². The topological polar surface area (TPSA) is 80.0 Å². The van der Waals surface area contributed by atoms with E-state index >= 15 is 0 Å². The summed E-state index contributed by atoms with van der Waals surface area (Å²) in [7, 11) is 1.88. The van der Waals surface area contributed by atoms with Crippen molar-refractivity contribution in [3.63, 3.8) is 0 Å². The van der Waals surface area contributed by atoms with Gasteiger partial charge in [-0.15, -0.1) is 0 Å². The Morgan fingerprint density at radius 3 is 2.80 bits per heavy atom. The fourth-order valence-corrected chi connectivity index (χ4v) is 2.12. The molecule has 0 aromatic carbocycles. The third-order valence-electron chi connectivity index (χ3n) is 3.18. The van der Waals surface area contributed by atoms with Crippen molar-refractivity contribution < 1.29 is 9.90 Å². The highest BCUT2D eigenvalue weighted by molar-refractivity contribution is 5.95. The van der Waals surface area contributed by atoms with Crippen LogP contribution >= 0.6 is 0 Å². The summed E-state index contributed by atoms with van der Waals surface area (Å²) in [5, 5.41) is 15.7. The van der Waals surface area contributed by atoms with Crippen molar-refractivity contribution in [1.29, 1.82) is 0 Å². The second-order valence-electron chi connectivity index (χ2n) is 4.58. The molecule has 1 amide bonds. The molecule has 2 aromatic heterocycles. The Labute approximate surface area is 117 Å². The number of pyridine rings is 1. The van der Waals surface area contributed by atoms with Gasteiger partial charge in [-0.25, -0.2) is 0 Å². The van der Waals surface area contributed by atoms with Crippen molar-refractivity contribution in [2.24, 2.45) is 7.05 Å². The molecule has 0 saturated carbocycles.